The Hall–Kier alpha value is -0.790. The molecule has 0 aromatic rings. The monoisotopic (exact) mass is 211 g/mol. The van der Waals surface area contributed by atoms with Gasteiger partial charge in [-0.15, -0.1) is 0 Å². The van der Waals surface area contributed by atoms with Gasteiger partial charge < -0.3 is 4.90 Å². The topological polar surface area (TPSA) is 20.3 Å². The highest BCUT2D eigenvalue weighted by Crippen LogP contribution is 2.07. The summed E-state index contributed by atoms with van der Waals surface area (Å²) in [6.45, 7) is 6.86. The molecule has 2 nitrogen and oxygen atoms in total. The number of aldehydes is 1. The average molecular weight is 211 g/mol. The summed E-state index contributed by atoms with van der Waals surface area (Å²) in [5.74, 6) is 0. The zero-order valence-electron chi connectivity index (χ0n) is 10.3. The van der Waals surface area contributed by atoms with Crippen molar-refractivity contribution < 1.29 is 4.79 Å². The van der Waals surface area contributed by atoms with E-state index in [1.54, 1.807) is 0 Å². The van der Waals surface area contributed by atoms with Crippen LogP contribution in [0.5, 0.6) is 0 Å². The normalized spacial score (nSPS) is 10.0. The first-order valence-corrected chi connectivity index (χ1v) is 6.07. The molecule has 0 bridgehead atoms. The van der Waals surface area contributed by atoms with Gasteiger partial charge in [-0.3, -0.25) is 4.79 Å². The molecule has 0 aliphatic carbocycles. The molecule has 0 unspecified atom stereocenters. The van der Waals surface area contributed by atoms with Gasteiger partial charge in [0.25, 0.3) is 0 Å². The van der Waals surface area contributed by atoms with E-state index in [-0.39, 0.29) is 0 Å². The van der Waals surface area contributed by atoms with E-state index < -0.39 is 0 Å². The second kappa shape index (κ2) is 9.75. The number of hydrogen-bond acceptors (Lipinski definition) is 2. The molecule has 2 heteroatoms. The molecular formula is C13H25NO. The molecule has 0 aromatic heterocycles. The predicted octanol–water partition coefficient (Wildman–Crippen LogP) is 3.38. The molecule has 0 spiro atoms. The Kier molecular flexibility index (Phi) is 9.24. The molecule has 0 N–H and O–H groups in total. The van der Waals surface area contributed by atoms with Crippen LogP contribution in [0.15, 0.2) is 12.3 Å². The van der Waals surface area contributed by atoms with Gasteiger partial charge in [-0.05, 0) is 6.42 Å². The van der Waals surface area contributed by atoms with Crippen molar-refractivity contribution in [3.63, 3.8) is 0 Å². The average Bonchev–Trinajstić information content (AvgIpc) is 2.26. The molecule has 0 radical (unpaired) electrons. The van der Waals surface area contributed by atoms with Gasteiger partial charge in [0, 0.05) is 13.6 Å². The molecule has 0 aliphatic rings. The Morgan fingerprint density at radius 1 is 1.13 bits per heavy atom. The molecule has 0 atom stereocenters. The molecular weight excluding hydrogens is 186 g/mol. The summed E-state index contributed by atoms with van der Waals surface area (Å²) in [6, 6.07) is 0. The van der Waals surface area contributed by atoms with E-state index in [1.807, 2.05) is 11.9 Å². The van der Waals surface area contributed by atoms with Crippen molar-refractivity contribution in [3.05, 3.63) is 12.3 Å². The fraction of sp³-hybridized carbons (Fsp3) is 0.769. The lowest BCUT2D eigenvalue weighted by molar-refractivity contribution is -0.106. The zero-order valence-corrected chi connectivity index (χ0v) is 10.3. The largest absolute Gasteiger partial charge is 0.372 e. The van der Waals surface area contributed by atoms with Crippen LogP contribution in [0.4, 0.5) is 0 Å². The van der Waals surface area contributed by atoms with Crippen molar-refractivity contribution >= 4 is 6.29 Å². The lowest BCUT2D eigenvalue weighted by atomic mass is 10.1. The van der Waals surface area contributed by atoms with E-state index >= 15 is 0 Å². The molecule has 0 saturated carbocycles. The van der Waals surface area contributed by atoms with Crippen LogP contribution in [0.1, 0.15) is 51.9 Å². The van der Waals surface area contributed by atoms with Crippen molar-refractivity contribution in [1.82, 2.24) is 4.90 Å². The van der Waals surface area contributed by atoms with Gasteiger partial charge >= 0.3 is 0 Å². The van der Waals surface area contributed by atoms with E-state index in [1.165, 1.54) is 38.5 Å². The lowest BCUT2D eigenvalue weighted by Crippen LogP contribution is -2.18. The molecule has 0 rings (SSSR count). The Morgan fingerprint density at radius 3 is 2.20 bits per heavy atom. The molecule has 0 amide bonds. The maximum Gasteiger partial charge on any atom is 0.165 e. The van der Waals surface area contributed by atoms with Crippen LogP contribution in [-0.2, 0) is 4.79 Å². The van der Waals surface area contributed by atoms with Crippen LogP contribution in [0.2, 0.25) is 0 Å². The number of carbonyl (C=O) groups is 1. The van der Waals surface area contributed by atoms with Crippen LogP contribution < -0.4 is 0 Å². The highest BCUT2D eigenvalue weighted by molar-refractivity contribution is 5.70. The van der Waals surface area contributed by atoms with Crippen LogP contribution in [0.3, 0.4) is 0 Å². The third-order valence-electron chi connectivity index (χ3n) is 2.72. The third kappa shape index (κ3) is 8.22. The minimum absolute atomic E-state index is 0.584. The number of nitrogens with zero attached hydrogens (tertiary/aromatic N) is 1. The number of likely N-dealkylation sites (N-methyl/N-ethyl adjacent to an activating group) is 1. The maximum atomic E-state index is 10.4. The van der Waals surface area contributed by atoms with Gasteiger partial charge in [-0.2, -0.15) is 0 Å². The van der Waals surface area contributed by atoms with Crippen LogP contribution >= 0.6 is 0 Å². The molecule has 0 aromatic carbocycles. The van der Waals surface area contributed by atoms with E-state index in [0.717, 1.165) is 19.3 Å². The number of hydrogen-bond donors (Lipinski definition) is 0. The Balaban J connectivity index is 3.23. The fourth-order valence-corrected chi connectivity index (χ4v) is 1.54. The van der Waals surface area contributed by atoms with Crippen molar-refractivity contribution in [3.8, 4) is 0 Å². The molecule has 15 heavy (non-hydrogen) atoms. The van der Waals surface area contributed by atoms with Crippen molar-refractivity contribution in [2.75, 3.05) is 13.6 Å². The number of allylic oxidation sites excluding steroid dienone is 1. The first-order chi connectivity index (χ1) is 7.22. The van der Waals surface area contributed by atoms with Crippen LogP contribution in [-0.4, -0.2) is 24.8 Å². The third-order valence-corrected chi connectivity index (χ3v) is 2.72. The SMILES string of the molecule is C=C(C=O)N(C)CCCCCCCCC. The first kappa shape index (κ1) is 14.2. The lowest BCUT2D eigenvalue weighted by Gasteiger charge is -2.17. The number of rotatable bonds is 10. The zero-order chi connectivity index (χ0) is 11.5. The minimum Gasteiger partial charge on any atom is -0.372 e. The van der Waals surface area contributed by atoms with Crippen molar-refractivity contribution in [2.24, 2.45) is 0 Å². The van der Waals surface area contributed by atoms with Gasteiger partial charge in [0.15, 0.2) is 6.29 Å². The van der Waals surface area contributed by atoms with Gasteiger partial charge in [0.1, 0.15) is 0 Å². The van der Waals surface area contributed by atoms with E-state index in [4.69, 9.17) is 0 Å². The van der Waals surface area contributed by atoms with Gasteiger partial charge in [0.2, 0.25) is 0 Å². The van der Waals surface area contributed by atoms with Gasteiger partial charge in [-0.1, -0.05) is 52.0 Å². The predicted molar refractivity (Wildman–Crippen MR) is 65.8 cm³/mol. The highest BCUT2D eigenvalue weighted by Gasteiger charge is 1.99. The molecule has 0 saturated heterocycles. The minimum atomic E-state index is 0.584. The van der Waals surface area contributed by atoms with Crippen LogP contribution in [0, 0.1) is 0 Å². The summed E-state index contributed by atoms with van der Waals surface area (Å²) >= 11 is 0. The molecule has 0 fully saturated rings. The Labute approximate surface area is 94.4 Å². The van der Waals surface area contributed by atoms with Gasteiger partial charge in [-0.25, -0.2) is 0 Å². The van der Waals surface area contributed by atoms with E-state index in [2.05, 4.69) is 13.5 Å². The summed E-state index contributed by atoms with van der Waals surface area (Å²) < 4.78 is 0. The smallest absolute Gasteiger partial charge is 0.165 e. The van der Waals surface area contributed by atoms with Crippen molar-refractivity contribution in [2.45, 2.75) is 51.9 Å². The maximum absolute atomic E-state index is 10.4. The Morgan fingerprint density at radius 2 is 1.67 bits per heavy atom. The van der Waals surface area contributed by atoms with Crippen molar-refractivity contribution in [1.29, 1.82) is 0 Å². The standard InChI is InChI=1S/C13H25NO/c1-4-5-6-7-8-9-10-11-14(3)13(2)12-15/h12H,2,4-11H2,1,3H3. The summed E-state index contributed by atoms with van der Waals surface area (Å²) in [7, 11) is 1.92. The Bertz CT molecular complexity index is 177. The van der Waals surface area contributed by atoms with E-state index in [0.29, 0.717) is 5.70 Å². The molecule has 88 valence electrons. The quantitative estimate of drug-likeness (QED) is 0.314. The molecule has 0 heterocycles. The van der Waals surface area contributed by atoms with E-state index in [9.17, 15) is 4.79 Å². The second-order valence-electron chi connectivity index (χ2n) is 4.15. The summed E-state index contributed by atoms with van der Waals surface area (Å²) in [6.07, 6.45) is 9.96. The van der Waals surface area contributed by atoms with Gasteiger partial charge in [0.05, 0.1) is 5.70 Å². The number of unbranched alkanes of at least 4 members (excludes halogenated alkanes) is 6. The fourth-order valence-electron chi connectivity index (χ4n) is 1.54. The second-order valence-corrected chi connectivity index (χ2v) is 4.15. The number of carbonyl (C=O) groups excluding carboxylic acids is 1. The molecule has 0 aliphatic heterocycles. The summed E-state index contributed by atoms with van der Waals surface area (Å²) in [4.78, 5) is 12.3. The van der Waals surface area contributed by atoms with Crippen LogP contribution in [0.25, 0.3) is 0 Å². The summed E-state index contributed by atoms with van der Waals surface area (Å²) in [5, 5.41) is 0. The first-order valence-electron chi connectivity index (χ1n) is 6.07. The highest BCUT2D eigenvalue weighted by atomic mass is 16.1. The summed E-state index contributed by atoms with van der Waals surface area (Å²) in [5.41, 5.74) is 0.584.